The SMILES string of the molecule is CCCC/C=C/c1c(C(=O)OCC)ncc2c1ccn2Cc1ccc(F)cc1.CCCCC1Cc2c(ncc3c2ccn3Cc2ccc(F)cc2)C(=O)N1O. The van der Waals surface area contributed by atoms with Crippen LogP contribution in [0.2, 0.25) is 0 Å². The summed E-state index contributed by atoms with van der Waals surface area (Å²) in [4.78, 5) is 33.7. The minimum absolute atomic E-state index is 0.210. The number of allylic oxidation sites excluding steroid dienone is 1. The maximum absolute atomic E-state index is 13.2. The lowest BCUT2D eigenvalue weighted by atomic mass is 9.93. The molecule has 4 aromatic heterocycles. The van der Waals surface area contributed by atoms with Crippen LogP contribution in [0.1, 0.15) is 103 Å². The molecule has 11 heteroatoms. The number of hydroxylamine groups is 2. The molecule has 0 aliphatic carbocycles. The van der Waals surface area contributed by atoms with Crippen molar-refractivity contribution in [3.8, 4) is 0 Å². The van der Waals surface area contributed by atoms with Crippen molar-refractivity contribution in [3.63, 3.8) is 0 Å². The molecule has 1 unspecified atom stereocenters. The van der Waals surface area contributed by atoms with Crippen LogP contribution in [0.5, 0.6) is 0 Å². The minimum atomic E-state index is -0.425. The van der Waals surface area contributed by atoms with Crippen molar-refractivity contribution in [2.24, 2.45) is 0 Å². The lowest BCUT2D eigenvalue weighted by Gasteiger charge is -2.31. The Hall–Kier alpha value is -5.68. The first-order chi connectivity index (χ1) is 26.7. The van der Waals surface area contributed by atoms with Gasteiger partial charge in [0.1, 0.15) is 17.3 Å². The number of rotatable bonds is 13. The van der Waals surface area contributed by atoms with Crippen LogP contribution < -0.4 is 0 Å². The van der Waals surface area contributed by atoms with Gasteiger partial charge in [-0.25, -0.2) is 28.6 Å². The molecule has 0 bridgehead atoms. The zero-order valence-electron chi connectivity index (χ0n) is 31.5. The molecule has 286 valence electrons. The summed E-state index contributed by atoms with van der Waals surface area (Å²) >= 11 is 0. The standard InChI is InChI=1S/C23H25FN2O2.C21H22FN3O2/c1-3-5-6-7-8-20-19-13-14-26(16-17-9-11-18(24)12-10-17)21(19)15-25-22(20)23(27)28-4-2;1-2-3-4-16-11-18-17-9-10-24(13-14-5-7-15(22)8-6-14)19(17)12-23-20(18)21(26)25(16)27/h7-15H,3-6,16H2,1-2H3;5-10,12,16,27H,2-4,11,13H2,1H3/b8-7+;. The van der Waals surface area contributed by atoms with Gasteiger partial charge in [-0.3, -0.25) is 10.0 Å². The zero-order valence-corrected chi connectivity index (χ0v) is 31.5. The Labute approximate surface area is 319 Å². The van der Waals surface area contributed by atoms with Gasteiger partial charge in [0.2, 0.25) is 0 Å². The quantitative estimate of drug-likeness (QED) is 0.0717. The Bertz CT molecular complexity index is 2280. The fourth-order valence-electron chi connectivity index (χ4n) is 6.95. The molecule has 1 aliphatic heterocycles. The summed E-state index contributed by atoms with van der Waals surface area (Å²) in [5, 5.41) is 13.0. The number of hydrogen-bond donors (Lipinski definition) is 1. The number of amides is 1. The highest BCUT2D eigenvalue weighted by Gasteiger charge is 2.34. The number of esters is 1. The summed E-state index contributed by atoms with van der Waals surface area (Å²) in [6.45, 7) is 7.54. The van der Waals surface area contributed by atoms with Gasteiger partial charge in [-0.05, 0) is 79.3 Å². The number of ether oxygens (including phenoxy) is 1. The van der Waals surface area contributed by atoms with E-state index in [2.05, 4.69) is 29.9 Å². The molecular weight excluding hydrogens is 701 g/mol. The van der Waals surface area contributed by atoms with Gasteiger partial charge in [-0.1, -0.05) is 75.9 Å². The van der Waals surface area contributed by atoms with Crippen LogP contribution in [-0.2, 0) is 24.2 Å². The Morgan fingerprint density at radius 1 is 0.836 bits per heavy atom. The summed E-state index contributed by atoms with van der Waals surface area (Å²) in [6.07, 6.45) is 17.9. The molecule has 0 radical (unpaired) electrons. The zero-order chi connectivity index (χ0) is 38.9. The second kappa shape index (κ2) is 18.1. The lowest BCUT2D eigenvalue weighted by molar-refractivity contribution is -0.0944. The summed E-state index contributed by atoms with van der Waals surface area (Å²) in [7, 11) is 0. The molecular formula is C44H47F2N5O4. The molecule has 2 aromatic carbocycles. The number of carbonyl (C=O) groups excluding carboxylic acids is 2. The number of unbranched alkanes of at least 4 members (excludes halogenated alkanes) is 3. The second-order valence-corrected chi connectivity index (χ2v) is 13.8. The van der Waals surface area contributed by atoms with Crippen LogP contribution in [0.25, 0.3) is 27.9 Å². The molecule has 7 rings (SSSR count). The molecule has 9 nitrogen and oxygen atoms in total. The third-order valence-electron chi connectivity index (χ3n) is 9.90. The summed E-state index contributed by atoms with van der Waals surface area (Å²) in [5.74, 6) is -1.34. The average molecular weight is 748 g/mol. The third kappa shape index (κ3) is 9.00. The number of hydrogen-bond acceptors (Lipinski definition) is 6. The van der Waals surface area contributed by atoms with E-state index >= 15 is 0 Å². The van der Waals surface area contributed by atoms with Crippen molar-refractivity contribution in [1.29, 1.82) is 0 Å². The number of halogens is 2. The van der Waals surface area contributed by atoms with Crippen molar-refractivity contribution >= 4 is 39.8 Å². The molecule has 55 heavy (non-hydrogen) atoms. The maximum atomic E-state index is 13.2. The van der Waals surface area contributed by atoms with Crippen LogP contribution in [0.4, 0.5) is 8.78 Å². The highest BCUT2D eigenvalue weighted by molar-refractivity contribution is 6.01. The average Bonchev–Trinajstić information content (AvgIpc) is 3.80. The van der Waals surface area contributed by atoms with Crippen molar-refractivity contribution in [1.82, 2.24) is 24.2 Å². The molecule has 1 atom stereocenters. The van der Waals surface area contributed by atoms with E-state index < -0.39 is 11.9 Å². The van der Waals surface area contributed by atoms with Gasteiger partial charge in [0.15, 0.2) is 5.69 Å². The monoisotopic (exact) mass is 747 g/mol. The van der Waals surface area contributed by atoms with Crippen LogP contribution in [0, 0.1) is 11.6 Å². The highest BCUT2D eigenvalue weighted by atomic mass is 19.1. The normalized spacial score (nSPS) is 14.0. The molecule has 1 amide bonds. The fourth-order valence-corrected chi connectivity index (χ4v) is 6.95. The van der Waals surface area contributed by atoms with E-state index in [1.807, 2.05) is 39.7 Å². The number of carbonyl (C=O) groups is 2. The Morgan fingerprint density at radius 3 is 2.02 bits per heavy atom. The smallest absolute Gasteiger partial charge is 0.357 e. The predicted octanol–water partition coefficient (Wildman–Crippen LogP) is 9.77. The number of fused-ring (bicyclic) bond motifs is 4. The van der Waals surface area contributed by atoms with E-state index in [0.29, 0.717) is 37.5 Å². The van der Waals surface area contributed by atoms with Gasteiger partial charge in [0, 0.05) is 41.8 Å². The second-order valence-electron chi connectivity index (χ2n) is 13.8. The Kier molecular flexibility index (Phi) is 12.8. The molecule has 1 aliphatic rings. The van der Waals surface area contributed by atoms with E-state index in [1.54, 1.807) is 43.6 Å². The fraction of sp³-hybridized carbons (Fsp3) is 0.318. The number of aromatic nitrogens is 4. The van der Waals surface area contributed by atoms with E-state index in [9.17, 15) is 23.6 Å². The van der Waals surface area contributed by atoms with Crippen LogP contribution in [0.3, 0.4) is 0 Å². The summed E-state index contributed by atoms with van der Waals surface area (Å²) in [5.41, 5.74) is 6.20. The molecule has 0 spiro atoms. The molecule has 0 saturated heterocycles. The van der Waals surface area contributed by atoms with Crippen LogP contribution >= 0.6 is 0 Å². The van der Waals surface area contributed by atoms with E-state index in [-0.39, 0.29) is 17.7 Å². The van der Waals surface area contributed by atoms with Gasteiger partial charge < -0.3 is 13.9 Å². The first-order valence-corrected chi connectivity index (χ1v) is 19.0. The third-order valence-corrected chi connectivity index (χ3v) is 9.90. The Balaban J connectivity index is 0.000000187. The van der Waals surface area contributed by atoms with Crippen molar-refractivity contribution < 1.29 is 28.3 Å². The Morgan fingerprint density at radius 2 is 1.42 bits per heavy atom. The highest BCUT2D eigenvalue weighted by Crippen LogP contribution is 2.31. The first-order valence-electron chi connectivity index (χ1n) is 19.0. The topological polar surface area (TPSA) is 102 Å². The first kappa shape index (κ1) is 39.0. The molecule has 5 heterocycles. The van der Waals surface area contributed by atoms with Gasteiger partial charge >= 0.3 is 5.97 Å². The van der Waals surface area contributed by atoms with Gasteiger partial charge in [-0.2, -0.15) is 0 Å². The van der Waals surface area contributed by atoms with Gasteiger partial charge in [0.05, 0.1) is 36.1 Å². The van der Waals surface area contributed by atoms with Gasteiger partial charge in [0.25, 0.3) is 5.91 Å². The number of pyridine rings is 2. The number of nitrogens with zero attached hydrogens (tertiary/aromatic N) is 5. The summed E-state index contributed by atoms with van der Waals surface area (Å²) in [6, 6.07) is 16.7. The van der Waals surface area contributed by atoms with E-state index in [4.69, 9.17) is 4.74 Å². The van der Waals surface area contributed by atoms with Crippen molar-refractivity contribution in [3.05, 3.63) is 137 Å². The largest absolute Gasteiger partial charge is 0.461 e. The molecule has 6 aromatic rings. The molecule has 0 saturated carbocycles. The summed E-state index contributed by atoms with van der Waals surface area (Å²) < 4.78 is 35.6. The maximum Gasteiger partial charge on any atom is 0.357 e. The number of benzene rings is 2. The van der Waals surface area contributed by atoms with Crippen molar-refractivity contribution in [2.45, 2.75) is 84.8 Å². The minimum Gasteiger partial charge on any atom is -0.461 e. The lowest BCUT2D eigenvalue weighted by Crippen LogP contribution is -2.44. The predicted molar refractivity (Wildman–Crippen MR) is 210 cm³/mol. The van der Waals surface area contributed by atoms with Gasteiger partial charge in [-0.15, -0.1) is 0 Å². The van der Waals surface area contributed by atoms with Crippen LogP contribution in [0.15, 0.2) is 91.5 Å². The van der Waals surface area contributed by atoms with E-state index in [1.165, 1.54) is 24.3 Å². The van der Waals surface area contributed by atoms with E-state index in [0.717, 1.165) is 87.6 Å². The van der Waals surface area contributed by atoms with Crippen LogP contribution in [-0.4, -0.2) is 53.9 Å². The van der Waals surface area contributed by atoms with Crippen molar-refractivity contribution in [2.75, 3.05) is 6.61 Å². The molecule has 1 N–H and O–H groups in total. The molecule has 0 fully saturated rings.